The van der Waals surface area contributed by atoms with E-state index in [1.165, 1.54) is 13.2 Å². The number of methoxy groups -OCH3 is 1. The largest absolute Gasteiger partial charge is 0.493 e. The lowest BCUT2D eigenvalue weighted by molar-refractivity contribution is -0.193. The van der Waals surface area contributed by atoms with E-state index < -0.39 is 17.8 Å². The molecule has 0 N–H and O–H groups in total. The molecule has 30 heavy (non-hydrogen) atoms. The van der Waals surface area contributed by atoms with Gasteiger partial charge < -0.3 is 14.3 Å². The van der Waals surface area contributed by atoms with E-state index in [9.17, 15) is 14.4 Å². The van der Waals surface area contributed by atoms with E-state index in [0.717, 1.165) is 6.08 Å². The van der Waals surface area contributed by atoms with Crippen LogP contribution < -0.4 is 9.47 Å². The first-order valence-corrected chi connectivity index (χ1v) is 9.64. The number of hydrogen-bond acceptors (Lipinski definition) is 6. The molecule has 7 nitrogen and oxygen atoms in total. The van der Waals surface area contributed by atoms with Crippen LogP contribution in [0.3, 0.4) is 0 Å². The molecule has 2 amide bonds. The predicted octanol–water partition coefficient (Wildman–Crippen LogP) is 4.20. The van der Waals surface area contributed by atoms with Crippen molar-refractivity contribution in [3.05, 3.63) is 63.6 Å². The summed E-state index contributed by atoms with van der Waals surface area (Å²) in [6.07, 6.45) is 2.64. The van der Waals surface area contributed by atoms with Crippen LogP contribution in [0.5, 0.6) is 11.5 Å². The summed E-state index contributed by atoms with van der Waals surface area (Å²) in [5.41, 5.74) is 1.27. The van der Waals surface area contributed by atoms with Gasteiger partial charge in [-0.25, -0.2) is 4.79 Å². The average molecular weight is 450 g/mol. The molecule has 1 fully saturated rings. The minimum absolute atomic E-state index is 0.0356. The SMILES string of the molecule is COc1cc(/C=C/C(=O)ON2C(=O)CCC2=O)ccc1OCc1c(Cl)cccc1Cl. The Kier molecular flexibility index (Phi) is 6.97. The number of nitrogens with zero attached hydrogens (tertiary/aromatic N) is 1. The predicted molar refractivity (Wildman–Crippen MR) is 110 cm³/mol. The lowest BCUT2D eigenvalue weighted by atomic mass is 10.2. The van der Waals surface area contributed by atoms with E-state index in [2.05, 4.69) is 0 Å². The van der Waals surface area contributed by atoms with E-state index in [0.29, 0.717) is 37.7 Å². The standard InChI is InChI=1S/C21H17Cl2NO6/c1-28-18-11-13(6-10-21(27)30-24-19(25)8-9-20(24)26)5-7-17(18)29-12-14-15(22)3-2-4-16(14)23/h2-7,10-11H,8-9,12H2,1H3/b10-6+. The molecular weight excluding hydrogens is 433 g/mol. The van der Waals surface area contributed by atoms with Gasteiger partial charge in [-0.2, -0.15) is 0 Å². The van der Waals surface area contributed by atoms with Crippen molar-refractivity contribution >= 4 is 47.1 Å². The third-order valence-electron chi connectivity index (χ3n) is 4.22. The van der Waals surface area contributed by atoms with E-state index in [1.807, 2.05) is 0 Å². The van der Waals surface area contributed by atoms with Crippen LogP contribution >= 0.6 is 23.2 Å². The number of benzene rings is 2. The molecule has 2 aromatic rings. The summed E-state index contributed by atoms with van der Waals surface area (Å²) in [5, 5.41) is 1.48. The number of imide groups is 1. The van der Waals surface area contributed by atoms with Crippen molar-refractivity contribution in [2.75, 3.05) is 7.11 Å². The molecule has 0 radical (unpaired) electrons. The number of rotatable bonds is 7. The molecule has 0 atom stereocenters. The van der Waals surface area contributed by atoms with Gasteiger partial charge in [0, 0.05) is 34.5 Å². The number of hydroxylamine groups is 2. The van der Waals surface area contributed by atoms with Crippen LogP contribution in [-0.4, -0.2) is 30.0 Å². The molecule has 2 aromatic carbocycles. The van der Waals surface area contributed by atoms with Crippen molar-refractivity contribution in [2.45, 2.75) is 19.4 Å². The smallest absolute Gasteiger partial charge is 0.356 e. The molecule has 0 aliphatic carbocycles. The van der Waals surface area contributed by atoms with Crippen molar-refractivity contribution in [1.29, 1.82) is 0 Å². The third-order valence-corrected chi connectivity index (χ3v) is 4.93. The fourth-order valence-electron chi connectivity index (χ4n) is 2.67. The number of carbonyl (C=O) groups is 3. The summed E-state index contributed by atoms with van der Waals surface area (Å²) >= 11 is 12.3. The Bertz CT molecular complexity index is 984. The fraction of sp³-hybridized carbons (Fsp3) is 0.190. The van der Waals surface area contributed by atoms with Crippen LogP contribution in [0.15, 0.2) is 42.5 Å². The molecule has 0 aromatic heterocycles. The van der Waals surface area contributed by atoms with Gasteiger partial charge in [0.2, 0.25) is 0 Å². The van der Waals surface area contributed by atoms with Crippen LogP contribution in [0.4, 0.5) is 0 Å². The molecule has 1 aliphatic rings. The molecule has 0 bridgehead atoms. The summed E-state index contributed by atoms with van der Waals surface area (Å²) in [6.45, 7) is 0.147. The first-order chi connectivity index (χ1) is 14.4. The lowest BCUT2D eigenvalue weighted by Gasteiger charge is -2.13. The molecule has 9 heteroatoms. The number of halogens is 2. The van der Waals surface area contributed by atoms with Gasteiger partial charge in [-0.15, -0.1) is 5.06 Å². The maximum atomic E-state index is 11.9. The molecule has 3 rings (SSSR count). The van der Waals surface area contributed by atoms with Crippen molar-refractivity contribution in [2.24, 2.45) is 0 Å². The minimum atomic E-state index is -0.841. The molecular formula is C21H17Cl2NO6. The Morgan fingerprint density at radius 3 is 2.37 bits per heavy atom. The maximum Gasteiger partial charge on any atom is 0.356 e. The molecule has 156 valence electrons. The van der Waals surface area contributed by atoms with Gasteiger partial charge in [-0.05, 0) is 35.9 Å². The molecule has 0 saturated carbocycles. The van der Waals surface area contributed by atoms with E-state index >= 15 is 0 Å². The second kappa shape index (κ2) is 9.65. The molecule has 0 spiro atoms. The lowest BCUT2D eigenvalue weighted by Crippen LogP contribution is -2.31. The topological polar surface area (TPSA) is 82.1 Å². The summed E-state index contributed by atoms with van der Waals surface area (Å²) in [7, 11) is 1.48. The van der Waals surface area contributed by atoms with Crippen LogP contribution in [0.1, 0.15) is 24.0 Å². The highest BCUT2D eigenvalue weighted by molar-refractivity contribution is 6.35. The second-order valence-electron chi connectivity index (χ2n) is 6.22. The number of ether oxygens (including phenoxy) is 2. The van der Waals surface area contributed by atoms with Crippen LogP contribution in [0.2, 0.25) is 10.0 Å². The highest BCUT2D eigenvalue weighted by atomic mass is 35.5. The summed E-state index contributed by atoms with van der Waals surface area (Å²) < 4.78 is 11.1. The zero-order chi connectivity index (χ0) is 21.7. The number of amides is 2. The van der Waals surface area contributed by atoms with Crippen LogP contribution in [0, 0.1) is 0 Å². The van der Waals surface area contributed by atoms with Gasteiger partial charge in [0.25, 0.3) is 11.8 Å². The molecule has 1 heterocycles. The van der Waals surface area contributed by atoms with Gasteiger partial charge in [0.15, 0.2) is 11.5 Å². The normalized spacial score (nSPS) is 13.8. The zero-order valence-electron chi connectivity index (χ0n) is 15.9. The summed E-state index contributed by atoms with van der Waals surface area (Å²) in [4.78, 5) is 39.6. The van der Waals surface area contributed by atoms with Gasteiger partial charge in [-0.1, -0.05) is 35.3 Å². The van der Waals surface area contributed by atoms with Crippen molar-refractivity contribution in [3.63, 3.8) is 0 Å². The first kappa shape index (κ1) is 21.7. The highest BCUT2D eigenvalue weighted by Crippen LogP contribution is 2.31. The van der Waals surface area contributed by atoms with Crippen LogP contribution in [-0.2, 0) is 25.8 Å². The molecule has 0 unspecified atom stereocenters. The Morgan fingerprint density at radius 2 is 1.73 bits per heavy atom. The molecule has 1 saturated heterocycles. The summed E-state index contributed by atoms with van der Waals surface area (Å²) in [5.74, 6) is -1.03. The van der Waals surface area contributed by atoms with Gasteiger partial charge in [0.05, 0.1) is 7.11 Å². The Morgan fingerprint density at radius 1 is 1.07 bits per heavy atom. The number of carbonyl (C=O) groups excluding carboxylic acids is 3. The Hall–Kier alpha value is -3.03. The first-order valence-electron chi connectivity index (χ1n) is 8.88. The molecule has 1 aliphatic heterocycles. The van der Waals surface area contributed by atoms with Gasteiger partial charge >= 0.3 is 5.97 Å². The fourth-order valence-corrected chi connectivity index (χ4v) is 3.18. The van der Waals surface area contributed by atoms with Crippen molar-refractivity contribution in [1.82, 2.24) is 5.06 Å². The monoisotopic (exact) mass is 449 g/mol. The van der Waals surface area contributed by atoms with Crippen LogP contribution in [0.25, 0.3) is 6.08 Å². The quantitative estimate of drug-likeness (QED) is 0.465. The van der Waals surface area contributed by atoms with E-state index in [1.54, 1.807) is 36.4 Å². The number of hydrogen-bond donors (Lipinski definition) is 0. The Balaban J connectivity index is 1.66. The maximum absolute atomic E-state index is 11.9. The van der Waals surface area contributed by atoms with Crippen molar-refractivity contribution < 1.29 is 28.7 Å². The second-order valence-corrected chi connectivity index (χ2v) is 7.04. The zero-order valence-corrected chi connectivity index (χ0v) is 17.4. The third kappa shape index (κ3) is 5.11. The highest BCUT2D eigenvalue weighted by Gasteiger charge is 2.32. The minimum Gasteiger partial charge on any atom is -0.493 e. The summed E-state index contributed by atoms with van der Waals surface area (Å²) in [6, 6.07) is 10.2. The van der Waals surface area contributed by atoms with Gasteiger partial charge in [0.1, 0.15) is 6.61 Å². The average Bonchev–Trinajstić information content (AvgIpc) is 3.04. The Labute approximate surface area is 182 Å². The van der Waals surface area contributed by atoms with E-state index in [-0.39, 0.29) is 19.4 Å². The van der Waals surface area contributed by atoms with Crippen molar-refractivity contribution in [3.8, 4) is 11.5 Å². The van der Waals surface area contributed by atoms with E-state index in [4.69, 9.17) is 37.5 Å². The van der Waals surface area contributed by atoms with Gasteiger partial charge in [-0.3, -0.25) is 9.59 Å².